The molecule has 1 amide bonds. The van der Waals surface area contributed by atoms with Gasteiger partial charge in [0.25, 0.3) is 5.91 Å². The maximum Gasteiger partial charge on any atom is 0.251 e. The van der Waals surface area contributed by atoms with Crippen molar-refractivity contribution >= 4 is 27.3 Å². The highest BCUT2D eigenvalue weighted by molar-refractivity contribution is 7.90. The molecule has 0 aliphatic heterocycles. The summed E-state index contributed by atoms with van der Waals surface area (Å²) in [6.07, 6.45) is 6.17. The van der Waals surface area contributed by atoms with Crippen molar-refractivity contribution in [2.45, 2.75) is 48.4 Å². The third-order valence-electron chi connectivity index (χ3n) is 3.77. The minimum Gasteiger partial charge on any atom is -0.348 e. The lowest BCUT2D eigenvalue weighted by atomic mass is 10.1. The Balaban J connectivity index is 2.13. The van der Waals surface area contributed by atoms with Crippen molar-refractivity contribution in [3.63, 3.8) is 0 Å². The van der Waals surface area contributed by atoms with E-state index in [0.29, 0.717) is 5.56 Å². The molecular formula is C15H20ClNO3S. The summed E-state index contributed by atoms with van der Waals surface area (Å²) in [5.41, 5.74) is 0.353. The molecule has 0 aromatic heterocycles. The Bertz CT molecular complexity index is 615. The largest absolute Gasteiger partial charge is 0.348 e. The molecule has 1 aliphatic carbocycles. The first-order chi connectivity index (χ1) is 9.88. The summed E-state index contributed by atoms with van der Waals surface area (Å²) in [4.78, 5) is 12.4. The van der Waals surface area contributed by atoms with Gasteiger partial charge in [0.05, 0.1) is 10.3 Å². The van der Waals surface area contributed by atoms with Gasteiger partial charge in [0.1, 0.15) is 0 Å². The molecule has 6 heteroatoms. The molecule has 1 N–H and O–H groups in total. The van der Waals surface area contributed by atoms with Crippen molar-refractivity contribution in [2.24, 2.45) is 0 Å². The number of halogens is 1. The Morgan fingerprint density at radius 3 is 2.67 bits per heavy atom. The van der Waals surface area contributed by atoms with Gasteiger partial charge in [-0.3, -0.25) is 4.79 Å². The van der Waals surface area contributed by atoms with Gasteiger partial charge in [0, 0.05) is 17.9 Å². The van der Waals surface area contributed by atoms with E-state index in [2.05, 4.69) is 5.32 Å². The van der Waals surface area contributed by atoms with Crippen molar-refractivity contribution in [3.8, 4) is 0 Å². The molecule has 0 radical (unpaired) electrons. The summed E-state index contributed by atoms with van der Waals surface area (Å²) in [6.45, 7) is 0. The monoisotopic (exact) mass is 329 g/mol. The standard InChI is InChI=1S/C15H20ClNO3S/c1-21(19,20)12-7-5-6-11(10-12)15(18)17-14-9-4-2-3-8-13(14)16/h5-7,10,13-14H,2-4,8-9H2,1H3,(H,17,18). The van der Waals surface area contributed by atoms with Gasteiger partial charge in [0.2, 0.25) is 0 Å². The highest BCUT2D eigenvalue weighted by Gasteiger charge is 2.24. The molecule has 1 aliphatic rings. The number of hydrogen-bond acceptors (Lipinski definition) is 3. The Labute approximate surface area is 130 Å². The first-order valence-electron chi connectivity index (χ1n) is 7.13. The fraction of sp³-hybridized carbons (Fsp3) is 0.533. The zero-order valence-corrected chi connectivity index (χ0v) is 13.6. The van der Waals surface area contributed by atoms with Crippen LogP contribution in [-0.2, 0) is 9.84 Å². The lowest BCUT2D eigenvalue weighted by Gasteiger charge is -2.21. The Morgan fingerprint density at radius 2 is 1.95 bits per heavy atom. The van der Waals surface area contributed by atoms with Crippen LogP contribution in [0.5, 0.6) is 0 Å². The molecule has 0 saturated heterocycles. The van der Waals surface area contributed by atoms with Crippen LogP contribution in [0.2, 0.25) is 0 Å². The van der Waals surface area contributed by atoms with Crippen LogP contribution in [0, 0.1) is 0 Å². The third kappa shape index (κ3) is 4.45. The van der Waals surface area contributed by atoms with E-state index in [0.717, 1.165) is 38.4 Å². The first-order valence-corrected chi connectivity index (χ1v) is 9.46. The molecule has 2 rings (SSSR count). The molecule has 2 unspecified atom stereocenters. The summed E-state index contributed by atoms with van der Waals surface area (Å²) in [7, 11) is -3.31. The number of amides is 1. The second kappa shape index (κ2) is 6.79. The second-order valence-electron chi connectivity index (χ2n) is 5.53. The Hall–Kier alpha value is -1.07. The number of benzene rings is 1. The molecular weight excluding hydrogens is 310 g/mol. The van der Waals surface area contributed by atoms with E-state index >= 15 is 0 Å². The van der Waals surface area contributed by atoms with Crippen LogP contribution in [-0.4, -0.2) is 32.0 Å². The average Bonchev–Trinajstić information content (AvgIpc) is 2.63. The number of alkyl halides is 1. The van der Waals surface area contributed by atoms with E-state index in [1.165, 1.54) is 12.1 Å². The zero-order valence-electron chi connectivity index (χ0n) is 12.0. The van der Waals surface area contributed by atoms with Gasteiger partial charge in [-0.25, -0.2) is 8.42 Å². The number of carbonyl (C=O) groups is 1. The average molecular weight is 330 g/mol. The minimum atomic E-state index is -3.31. The highest BCUT2D eigenvalue weighted by Crippen LogP contribution is 2.22. The van der Waals surface area contributed by atoms with Crippen LogP contribution in [0.4, 0.5) is 0 Å². The van der Waals surface area contributed by atoms with E-state index in [9.17, 15) is 13.2 Å². The fourth-order valence-corrected chi connectivity index (χ4v) is 3.55. The van der Waals surface area contributed by atoms with E-state index in [1.54, 1.807) is 12.1 Å². The predicted molar refractivity (Wildman–Crippen MR) is 83.5 cm³/mol. The number of hydrogen-bond donors (Lipinski definition) is 1. The van der Waals surface area contributed by atoms with Crippen LogP contribution in [0.15, 0.2) is 29.2 Å². The molecule has 1 fully saturated rings. The van der Waals surface area contributed by atoms with Crippen molar-refractivity contribution in [1.29, 1.82) is 0 Å². The van der Waals surface area contributed by atoms with Crippen LogP contribution in [0.3, 0.4) is 0 Å². The molecule has 4 nitrogen and oxygen atoms in total. The van der Waals surface area contributed by atoms with Crippen molar-refractivity contribution < 1.29 is 13.2 Å². The van der Waals surface area contributed by atoms with Gasteiger partial charge < -0.3 is 5.32 Å². The van der Waals surface area contributed by atoms with Crippen molar-refractivity contribution in [2.75, 3.05) is 6.26 Å². The van der Waals surface area contributed by atoms with Crippen LogP contribution in [0.1, 0.15) is 42.5 Å². The summed E-state index contributed by atoms with van der Waals surface area (Å²) in [5.74, 6) is -0.266. The van der Waals surface area contributed by atoms with Crippen LogP contribution in [0.25, 0.3) is 0 Å². The molecule has 1 aromatic carbocycles. The SMILES string of the molecule is CS(=O)(=O)c1cccc(C(=O)NC2CCCCCC2Cl)c1. The van der Waals surface area contributed by atoms with E-state index in [4.69, 9.17) is 11.6 Å². The lowest BCUT2D eigenvalue weighted by Crippen LogP contribution is -2.40. The molecule has 1 saturated carbocycles. The second-order valence-corrected chi connectivity index (χ2v) is 8.11. The molecule has 2 atom stereocenters. The van der Waals surface area contributed by atoms with Gasteiger partial charge in [0.15, 0.2) is 9.84 Å². The first kappa shape index (κ1) is 16.3. The topological polar surface area (TPSA) is 63.2 Å². The summed E-state index contributed by atoms with van der Waals surface area (Å²) >= 11 is 6.31. The van der Waals surface area contributed by atoms with E-state index < -0.39 is 9.84 Å². The van der Waals surface area contributed by atoms with Crippen molar-refractivity contribution in [1.82, 2.24) is 5.32 Å². The summed E-state index contributed by atoms with van der Waals surface area (Å²) in [6, 6.07) is 6.04. The van der Waals surface area contributed by atoms with Gasteiger partial charge in [-0.2, -0.15) is 0 Å². The maximum atomic E-state index is 12.3. The number of nitrogens with one attached hydrogen (secondary N) is 1. The highest BCUT2D eigenvalue weighted by atomic mass is 35.5. The Morgan fingerprint density at radius 1 is 1.24 bits per heavy atom. The van der Waals surface area contributed by atoms with Gasteiger partial charge in [-0.15, -0.1) is 11.6 Å². The van der Waals surface area contributed by atoms with E-state index in [1.807, 2.05) is 0 Å². The van der Waals surface area contributed by atoms with Gasteiger partial charge >= 0.3 is 0 Å². The Kier molecular flexibility index (Phi) is 5.27. The minimum absolute atomic E-state index is 0.0523. The van der Waals surface area contributed by atoms with Gasteiger partial charge in [-0.1, -0.05) is 25.3 Å². The molecule has 0 bridgehead atoms. The number of carbonyl (C=O) groups excluding carboxylic acids is 1. The molecule has 0 heterocycles. The normalized spacial score (nSPS) is 23.3. The van der Waals surface area contributed by atoms with Crippen LogP contribution >= 0.6 is 11.6 Å². The zero-order chi connectivity index (χ0) is 15.5. The molecule has 1 aromatic rings. The maximum absolute atomic E-state index is 12.3. The summed E-state index contributed by atoms with van der Waals surface area (Å²) in [5, 5.41) is 2.88. The van der Waals surface area contributed by atoms with Crippen molar-refractivity contribution in [3.05, 3.63) is 29.8 Å². The predicted octanol–water partition coefficient (Wildman–Crippen LogP) is 2.76. The number of rotatable bonds is 3. The lowest BCUT2D eigenvalue weighted by molar-refractivity contribution is 0.0934. The molecule has 0 spiro atoms. The van der Waals surface area contributed by atoms with Gasteiger partial charge in [-0.05, 0) is 31.0 Å². The van der Waals surface area contributed by atoms with E-state index in [-0.39, 0.29) is 22.2 Å². The molecule has 116 valence electrons. The fourth-order valence-electron chi connectivity index (χ4n) is 2.54. The van der Waals surface area contributed by atoms with Crippen LogP contribution < -0.4 is 5.32 Å². The third-order valence-corrected chi connectivity index (χ3v) is 5.41. The quantitative estimate of drug-likeness (QED) is 0.685. The number of sulfone groups is 1. The summed E-state index contributed by atoms with van der Waals surface area (Å²) < 4.78 is 23.1. The molecule has 21 heavy (non-hydrogen) atoms. The smallest absolute Gasteiger partial charge is 0.251 e.